The van der Waals surface area contributed by atoms with Gasteiger partial charge in [0.1, 0.15) is 0 Å². The van der Waals surface area contributed by atoms with Gasteiger partial charge < -0.3 is 12.3 Å². The van der Waals surface area contributed by atoms with E-state index >= 15 is 0 Å². The Bertz CT molecular complexity index is 24.5. The maximum Gasteiger partial charge on any atom is 0 e. The number of halogens is 2. The Hall–Kier alpha value is 3.62. The van der Waals surface area contributed by atoms with Crippen LogP contribution in [0.3, 0.4) is 0 Å². The standard InChI is InChI=1S/Ba.Cu.2FH.Mg.O.Y.2H/h;;2*1H;;;;;/q+2;;;;+2;;;2*-1/p-2. The van der Waals surface area contributed by atoms with Crippen LogP contribution >= 0.6 is 0 Å². The summed E-state index contributed by atoms with van der Waals surface area (Å²) in [6, 6.07) is 0. The molecule has 7 heavy (non-hydrogen) atoms. The van der Waals surface area contributed by atoms with Gasteiger partial charge in [0.05, 0.1) is 0 Å². The van der Waals surface area contributed by atoms with Crippen molar-refractivity contribution in [2.75, 3.05) is 0 Å². The van der Waals surface area contributed by atoms with Crippen molar-refractivity contribution in [3.8, 4) is 0 Å². The summed E-state index contributed by atoms with van der Waals surface area (Å²) in [5.41, 5.74) is 0. The summed E-state index contributed by atoms with van der Waals surface area (Å²) < 4.78 is 7.81. The maximum atomic E-state index is 7.81. The summed E-state index contributed by atoms with van der Waals surface area (Å²) in [7, 11) is 0. The molecule has 0 N–H and O–H groups in total. The largest absolute Gasteiger partial charge is 0 e. The van der Waals surface area contributed by atoms with Crippen LogP contribution in [0, 0.1) is 0 Å². The summed E-state index contributed by atoms with van der Waals surface area (Å²) in [5, 5.41) is 0. The molecule has 0 saturated heterocycles. The first-order valence-electron chi connectivity index (χ1n) is 0.123. The van der Waals surface area contributed by atoms with Gasteiger partial charge in [0.25, 0.3) is 0 Å². The van der Waals surface area contributed by atoms with Gasteiger partial charge in [-0.25, -0.2) is 0 Å². The minimum Gasteiger partial charge on any atom is 0 e. The quantitative estimate of drug-likeness (QED) is 0.388. The first kappa shape index (κ1) is 46.0. The van der Waals surface area contributed by atoms with Crippen LogP contribution in [0.4, 0.5) is 0 Å². The Morgan fingerprint density at radius 3 is 1.14 bits per heavy atom. The third-order valence-corrected chi connectivity index (χ3v) is 0. The van der Waals surface area contributed by atoms with Gasteiger partial charge in [0, 0.05) is 32.7 Å². The summed E-state index contributed by atoms with van der Waals surface area (Å²) in [4.78, 5) is 0. The van der Waals surface area contributed by atoms with Crippen LogP contribution in [0.15, 0.2) is 0 Å². The van der Waals surface area contributed by atoms with Gasteiger partial charge >= 0.3 is 91.7 Å². The molecule has 0 atom stereocenters. The van der Waals surface area contributed by atoms with Gasteiger partial charge in [-0.1, -0.05) is 0 Å². The smallest absolute Gasteiger partial charge is 0 e. The molecule has 0 rings (SSSR count). The number of hydrogen-bond acceptors (Lipinski definition) is 1. The van der Waals surface area contributed by atoms with E-state index in [9.17, 15) is 0 Å². The van der Waals surface area contributed by atoms with Gasteiger partial charge in [-0.3, -0.25) is 0 Å². The molecule has 0 aliphatic heterocycles. The summed E-state index contributed by atoms with van der Waals surface area (Å²) in [6.07, 6.45) is 0. The van der Waals surface area contributed by atoms with Crippen LogP contribution in [0.1, 0.15) is 2.85 Å². The minimum atomic E-state index is 0. The van der Waals surface area contributed by atoms with Gasteiger partial charge in [-0.2, -0.15) is 0 Å². The first-order chi connectivity index (χ1) is 1.00. The fraction of sp³-hybridized carbons (Fsp3) is 0. The molecule has 0 fully saturated rings. The molecule has 1 radical (unpaired) electrons. The Balaban J connectivity index is -0.000000000238. The SMILES string of the molecule is [Ba+2].[F-].[F-].[H-].[H-].[Mg+2].[O]=[Cu].[Y]. The molecule has 0 spiro atoms. The summed E-state index contributed by atoms with van der Waals surface area (Å²) in [6.45, 7) is 0. The molecule has 0 aromatic heterocycles. The fourth-order valence-corrected chi connectivity index (χ4v) is 0. The minimum absolute atomic E-state index is 0. The molecule has 40 valence electrons. The zero-order valence-corrected chi connectivity index (χ0v) is 13.1. The Morgan fingerprint density at radius 2 is 1.14 bits per heavy atom. The monoisotopic (exact) mass is 370 g/mol. The van der Waals surface area contributed by atoms with Crippen molar-refractivity contribution in [3.63, 3.8) is 0 Å². The van der Waals surface area contributed by atoms with E-state index in [-0.39, 0.29) is 117 Å². The van der Waals surface area contributed by atoms with Crippen LogP contribution in [0.5, 0.6) is 0 Å². The van der Waals surface area contributed by atoms with E-state index in [1.54, 1.807) is 0 Å². The van der Waals surface area contributed by atoms with Crippen molar-refractivity contribution in [1.29, 1.82) is 0 Å². The molecular formula is H2BaCuF2MgOY. The Morgan fingerprint density at radius 1 is 1.14 bits per heavy atom. The van der Waals surface area contributed by atoms with Crippen molar-refractivity contribution in [2.24, 2.45) is 0 Å². The predicted octanol–water partition coefficient (Wildman–Crippen LogP) is -6.65. The van der Waals surface area contributed by atoms with Gasteiger partial charge in [0.15, 0.2) is 0 Å². The Labute approximate surface area is 133 Å². The molecule has 0 aliphatic rings. The predicted molar refractivity (Wildman–Crippen MR) is 14.4 cm³/mol. The zero-order valence-electron chi connectivity index (χ0n) is 5.46. The third-order valence-electron chi connectivity index (χ3n) is 0. The Kier molecular flexibility index (Phi) is 359. The third kappa shape index (κ3) is 42.6. The summed E-state index contributed by atoms with van der Waals surface area (Å²) >= 11 is 2.94. The van der Waals surface area contributed by atoms with E-state index in [1.807, 2.05) is 0 Å². The van der Waals surface area contributed by atoms with E-state index in [1.165, 1.54) is 0 Å². The van der Waals surface area contributed by atoms with Crippen LogP contribution in [0.2, 0.25) is 0 Å². The van der Waals surface area contributed by atoms with Gasteiger partial charge in [0.2, 0.25) is 0 Å². The molecule has 1 nitrogen and oxygen atoms in total. The molecule has 0 amide bonds. The van der Waals surface area contributed by atoms with Crippen molar-refractivity contribution in [2.45, 2.75) is 0 Å². The molecular weight excluding hydrogens is 368 g/mol. The van der Waals surface area contributed by atoms with Crippen LogP contribution in [-0.2, 0) is 52.5 Å². The molecule has 0 bridgehead atoms. The zero-order chi connectivity index (χ0) is 2.00. The second-order valence-corrected chi connectivity index (χ2v) is 0. The molecule has 0 unspecified atom stereocenters. The maximum absolute atomic E-state index is 7.81. The average Bonchev–Trinajstić information content (AvgIpc) is 1.00. The van der Waals surface area contributed by atoms with E-state index < -0.39 is 0 Å². The van der Waals surface area contributed by atoms with Crippen molar-refractivity contribution in [1.82, 2.24) is 0 Å². The van der Waals surface area contributed by atoms with Crippen molar-refractivity contribution < 1.29 is 64.8 Å². The molecule has 0 aromatic rings. The molecule has 0 aliphatic carbocycles. The topological polar surface area (TPSA) is 17.1 Å². The second-order valence-electron chi connectivity index (χ2n) is 0. The molecule has 7 heteroatoms. The van der Waals surface area contributed by atoms with Crippen LogP contribution in [0.25, 0.3) is 0 Å². The van der Waals surface area contributed by atoms with Crippen LogP contribution in [-0.4, -0.2) is 71.9 Å². The number of hydrogen-bond donors (Lipinski definition) is 0. The van der Waals surface area contributed by atoms with E-state index in [0.717, 1.165) is 0 Å². The first-order valence-corrected chi connectivity index (χ1v) is 0.508. The molecule has 0 saturated carbocycles. The number of rotatable bonds is 0. The molecule has 0 heterocycles. The van der Waals surface area contributed by atoms with Crippen molar-refractivity contribution >= 4 is 71.9 Å². The van der Waals surface area contributed by atoms with E-state index in [4.69, 9.17) is 3.83 Å². The second kappa shape index (κ2) is 54.5. The van der Waals surface area contributed by atoms with E-state index in [0.29, 0.717) is 0 Å². The molecule has 0 aromatic carbocycles. The normalized spacial score (nSPS) is 0.857. The van der Waals surface area contributed by atoms with Crippen molar-refractivity contribution in [3.05, 3.63) is 0 Å². The average molecular weight is 370 g/mol. The van der Waals surface area contributed by atoms with Crippen LogP contribution < -0.4 is 9.41 Å². The van der Waals surface area contributed by atoms with E-state index in [2.05, 4.69) is 15.9 Å². The fourth-order valence-electron chi connectivity index (χ4n) is 0. The van der Waals surface area contributed by atoms with Gasteiger partial charge in [-0.15, -0.1) is 0 Å². The summed E-state index contributed by atoms with van der Waals surface area (Å²) in [5.74, 6) is 0. The van der Waals surface area contributed by atoms with Gasteiger partial charge in [-0.05, 0) is 0 Å².